The van der Waals surface area contributed by atoms with Gasteiger partial charge in [0, 0.05) is 5.75 Å². The van der Waals surface area contributed by atoms with Gasteiger partial charge in [0.2, 0.25) is 0 Å². The zero-order valence-electron chi connectivity index (χ0n) is 13.5. The molecule has 0 saturated carbocycles. The quantitative estimate of drug-likeness (QED) is 0.720. The number of ether oxygens (including phenoxy) is 1. The van der Waals surface area contributed by atoms with Crippen molar-refractivity contribution in [1.29, 1.82) is 0 Å². The van der Waals surface area contributed by atoms with Crippen LogP contribution in [-0.2, 0) is 0 Å². The highest BCUT2D eigenvalue weighted by atomic mass is 32.2. The van der Waals surface area contributed by atoms with E-state index in [-0.39, 0.29) is 16.9 Å². The molecule has 8 heteroatoms. The SMILES string of the molecule is COc1cn(C2=NCCS2)nc(-c2ccnn2-c2ccccc2)c1=O. The van der Waals surface area contributed by atoms with Gasteiger partial charge in [-0.15, -0.1) is 0 Å². The fourth-order valence-corrected chi connectivity index (χ4v) is 3.37. The van der Waals surface area contributed by atoms with Gasteiger partial charge in [-0.3, -0.25) is 9.79 Å². The summed E-state index contributed by atoms with van der Waals surface area (Å²) in [5.41, 5.74) is 1.45. The fourth-order valence-electron chi connectivity index (χ4n) is 2.60. The minimum atomic E-state index is -0.278. The summed E-state index contributed by atoms with van der Waals surface area (Å²) in [6.45, 7) is 0.743. The number of aliphatic imine (C=N–C) groups is 1. The first-order valence-corrected chi connectivity index (χ1v) is 8.72. The van der Waals surface area contributed by atoms with Gasteiger partial charge in [0.25, 0.3) is 5.43 Å². The van der Waals surface area contributed by atoms with Crippen LogP contribution in [0.25, 0.3) is 17.1 Å². The molecule has 1 aliphatic rings. The predicted molar refractivity (Wildman–Crippen MR) is 97.8 cm³/mol. The van der Waals surface area contributed by atoms with Crippen LogP contribution < -0.4 is 10.2 Å². The Kier molecular flexibility index (Phi) is 4.10. The van der Waals surface area contributed by atoms with E-state index in [2.05, 4.69) is 15.2 Å². The first kappa shape index (κ1) is 15.6. The van der Waals surface area contributed by atoms with Gasteiger partial charge in [-0.05, 0) is 18.2 Å². The van der Waals surface area contributed by atoms with Gasteiger partial charge in [0.1, 0.15) is 0 Å². The molecule has 2 aromatic heterocycles. The molecule has 0 saturated heterocycles. The van der Waals surface area contributed by atoms with Crippen LogP contribution in [0.3, 0.4) is 0 Å². The smallest absolute Gasteiger partial charge is 0.251 e. The highest BCUT2D eigenvalue weighted by Crippen LogP contribution is 2.21. The maximum absolute atomic E-state index is 12.8. The lowest BCUT2D eigenvalue weighted by Crippen LogP contribution is -2.21. The fraction of sp³-hybridized carbons (Fsp3) is 0.176. The average molecular weight is 353 g/mol. The van der Waals surface area contributed by atoms with Gasteiger partial charge < -0.3 is 4.74 Å². The van der Waals surface area contributed by atoms with Gasteiger partial charge >= 0.3 is 0 Å². The molecule has 0 N–H and O–H groups in total. The van der Waals surface area contributed by atoms with Crippen molar-refractivity contribution in [2.45, 2.75) is 0 Å². The number of rotatable bonds is 3. The Morgan fingerprint density at radius 3 is 2.76 bits per heavy atom. The molecule has 7 nitrogen and oxygen atoms in total. The number of benzene rings is 1. The summed E-state index contributed by atoms with van der Waals surface area (Å²) in [7, 11) is 1.48. The number of thioether (sulfide) groups is 1. The number of para-hydroxylation sites is 1. The second-order valence-electron chi connectivity index (χ2n) is 5.30. The molecule has 0 unspecified atom stereocenters. The Morgan fingerprint density at radius 1 is 1.20 bits per heavy atom. The molecule has 0 spiro atoms. The first-order valence-electron chi connectivity index (χ1n) is 7.73. The summed E-state index contributed by atoms with van der Waals surface area (Å²) in [6, 6.07) is 11.4. The van der Waals surface area contributed by atoms with E-state index in [1.54, 1.807) is 39.6 Å². The average Bonchev–Trinajstić information content (AvgIpc) is 3.34. The van der Waals surface area contributed by atoms with Gasteiger partial charge in [0.15, 0.2) is 16.6 Å². The van der Waals surface area contributed by atoms with E-state index in [4.69, 9.17) is 4.74 Å². The maximum atomic E-state index is 12.8. The molecule has 0 fully saturated rings. The molecular formula is C17H15N5O2S. The number of aromatic nitrogens is 4. The third-order valence-corrected chi connectivity index (χ3v) is 4.72. The standard InChI is InChI=1S/C17H15N5O2S/c1-24-14-11-21(17-18-9-10-25-17)20-15(16(14)23)13-7-8-19-22(13)12-5-3-2-4-6-12/h2-8,11H,9-10H2,1H3. The zero-order chi connectivity index (χ0) is 17.2. The van der Waals surface area contributed by atoms with Crippen molar-refractivity contribution in [1.82, 2.24) is 19.6 Å². The maximum Gasteiger partial charge on any atom is 0.251 e. The van der Waals surface area contributed by atoms with E-state index in [0.717, 1.165) is 23.2 Å². The lowest BCUT2D eigenvalue weighted by Gasteiger charge is -2.11. The minimum Gasteiger partial charge on any atom is -0.491 e. The van der Waals surface area contributed by atoms with Crippen LogP contribution in [0.5, 0.6) is 5.75 Å². The molecule has 0 radical (unpaired) electrons. The normalized spacial score (nSPS) is 13.7. The van der Waals surface area contributed by atoms with Crippen molar-refractivity contribution in [3.8, 4) is 22.8 Å². The van der Waals surface area contributed by atoms with Crippen LogP contribution in [0.2, 0.25) is 0 Å². The van der Waals surface area contributed by atoms with Crippen LogP contribution in [-0.4, -0.2) is 44.1 Å². The van der Waals surface area contributed by atoms with E-state index in [1.165, 1.54) is 7.11 Å². The molecule has 0 amide bonds. The van der Waals surface area contributed by atoms with Gasteiger partial charge in [-0.1, -0.05) is 30.0 Å². The zero-order valence-corrected chi connectivity index (χ0v) is 14.3. The lowest BCUT2D eigenvalue weighted by molar-refractivity contribution is 0.406. The summed E-state index contributed by atoms with van der Waals surface area (Å²) < 4.78 is 8.56. The summed E-state index contributed by atoms with van der Waals surface area (Å²) >= 11 is 1.60. The molecule has 0 atom stereocenters. The van der Waals surface area contributed by atoms with Crippen molar-refractivity contribution >= 4 is 16.9 Å². The van der Waals surface area contributed by atoms with E-state index >= 15 is 0 Å². The highest BCUT2D eigenvalue weighted by Gasteiger charge is 2.19. The van der Waals surface area contributed by atoms with E-state index in [0.29, 0.717) is 5.69 Å². The largest absolute Gasteiger partial charge is 0.491 e. The second kappa shape index (κ2) is 6.56. The highest BCUT2D eigenvalue weighted by molar-refractivity contribution is 8.14. The molecule has 0 bridgehead atoms. The van der Waals surface area contributed by atoms with E-state index in [9.17, 15) is 4.79 Å². The molecule has 3 aromatic rings. The Labute approximate surface area is 148 Å². The van der Waals surface area contributed by atoms with Crippen molar-refractivity contribution < 1.29 is 4.74 Å². The topological polar surface area (TPSA) is 74.3 Å². The Bertz CT molecular complexity index is 994. The van der Waals surface area contributed by atoms with Crippen LogP contribution in [0.1, 0.15) is 0 Å². The van der Waals surface area contributed by atoms with Crippen molar-refractivity contribution in [3.63, 3.8) is 0 Å². The van der Waals surface area contributed by atoms with Gasteiger partial charge in [-0.25, -0.2) is 9.36 Å². The Balaban J connectivity index is 1.90. The molecule has 4 rings (SSSR count). The third kappa shape index (κ3) is 2.85. The Hall–Kier alpha value is -2.87. The molecule has 1 aromatic carbocycles. The van der Waals surface area contributed by atoms with Crippen molar-refractivity contribution in [3.05, 3.63) is 59.0 Å². The van der Waals surface area contributed by atoms with Crippen LogP contribution >= 0.6 is 11.8 Å². The molecule has 126 valence electrons. The van der Waals surface area contributed by atoms with Gasteiger partial charge in [0.05, 0.1) is 37.4 Å². The second-order valence-corrected chi connectivity index (χ2v) is 6.36. The van der Waals surface area contributed by atoms with E-state index in [1.807, 2.05) is 30.3 Å². The molecule has 3 heterocycles. The first-order chi connectivity index (χ1) is 12.3. The Morgan fingerprint density at radius 2 is 2.04 bits per heavy atom. The van der Waals surface area contributed by atoms with Crippen molar-refractivity contribution in [2.75, 3.05) is 19.4 Å². The van der Waals surface area contributed by atoms with Crippen LogP contribution in [0.15, 0.2) is 58.6 Å². The van der Waals surface area contributed by atoms with E-state index < -0.39 is 0 Å². The molecular weight excluding hydrogens is 338 g/mol. The summed E-state index contributed by atoms with van der Waals surface area (Å²) in [4.78, 5) is 17.2. The monoisotopic (exact) mass is 353 g/mol. The number of hydrogen-bond donors (Lipinski definition) is 0. The van der Waals surface area contributed by atoms with Crippen LogP contribution in [0, 0.1) is 0 Å². The molecule has 0 aliphatic carbocycles. The van der Waals surface area contributed by atoms with Crippen molar-refractivity contribution in [2.24, 2.45) is 4.99 Å². The van der Waals surface area contributed by atoms with Crippen LogP contribution in [0.4, 0.5) is 0 Å². The lowest BCUT2D eigenvalue weighted by atomic mass is 10.2. The summed E-state index contributed by atoms with van der Waals surface area (Å²) in [6.07, 6.45) is 3.22. The summed E-state index contributed by atoms with van der Waals surface area (Å²) in [5, 5.41) is 9.60. The predicted octanol–water partition coefficient (Wildman–Crippen LogP) is 2.06. The van der Waals surface area contributed by atoms with Gasteiger partial charge in [-0.2, -0.15) is 10.2 Å². The minimum absolute atomic E-state index is 0.223. The molecule has 1 aliphatic heterocycles. The molecule has 25 heavy (non-hydrogen) atoms. The third-order valence-electron chi connectivity index (χ3n) is 3.76. The summed E-state index contributed by atoms with van der Waals surface area (Å²) in [5.74, 6) is 1.13. The number of hydrogen-bond acceptors (Lipinski definition) is 6. The number of methoxy groups -OCH3 is 1. The number of nitrogens with zero attached hydrogens (tertiary/aromatic N) is 5.